The van der Waals surface area contributed by atoms with E-state index in [0.717, 1.165) is 57.7 Å². The van der Waals surface area contributed by atoms with E-state index in [1.54, 1.807) is 0 Å². The van der Waals surface area contributed by atoms with Gasteiger partial charge in [-0.2, -0.15) is 0 Å². The summed E-state index contributed by atoms with van der Waals surface area (Å²) in [6, 6.07) is 1.84. The summed E-state index contributed by atoms with van der Waals surface area (Å²) < 4.78 is 0. The molecule has 5 nitrogen and oxygen atoms in total. The van der Waals surface area contributed by atoms with Gasteiger partial charge >= 0.3 is 0 Å². The fraction of sp³-hybridized carbons (Fsp3) is 0.667. The van der Waals surface area contributed by atoms with Gasteiger partial charge in [-0.05, 0) is 25.7 Å². The smallest absolute Gasteiger partial charge is 0.272 e. The van der Waals surface area contributed by atoms with Gasteiger partial charge in [-0.25, -0.2) is 9.97 Å². The van der Waals surface area contributed by atoms with Crippen LogP contribution < -0.4 is 4.90 Å². The molecule has 0 aromatic carbocycles. The third-order valence-electron chi connectivity index (χ3n) is 3.58. The van der Waals surface area contributed by atoms with Crippen LogP contribution in [-0.4, -0.2) is 47.0 Å². The van der Waals surface area contributed by atoms with Crippen molar-refractivity contribution in [2.75, 3.05) is 31.1 Å². The Morgan fingerprint density at radius 2 is 1.85 bits per heavy atom. The van der Waals surface area contributed by atoms with Crippen LogP contribution in [0.4, 0.5) is 5.82 Å². The van der Waals surface area contributed by atoms with Gasteiger partial charge in [-0.3, -0.25) is 4.79 Å². The molecule has 0 bridgehead atoms. The number of amides is 1. The average molecular weight is 276 g/mol. The average Bonchev–Trinajstić information content (AvgIpc) is 3.00. The SMILES string of the molecule is CCCN(CCC)c1cc(C(=O)N2CCCC2)ncn1. The van der Waals surface area contributed by atoms with Crippen molar-refractivity contribution in [3.05, 3.63) is 18.1 Å². The molecule has 1 aliphatic heterocycles. The molecule has 1 aromatic heterocycles. The lowest BCUT2D eigenvalue weighted by atomic mass is 10.3. The summed E-state index contributed by atoms with van der Waals surface area (Å²) in [5.74, 6) is 0.908. The van der Waals surface area contributed by atoms with Gasteiger partial charge in [-0.15, -0.1) is 0 Å². The predicted octanol–water partition coefficient (Wildman–Crippen LogP) is 2.34. The summed E-state index contributed by atoms with van der Waals surface area (Å²) >= 11 is 0. The standard InChI is InChI=1S/C15H24N4O/c1-3-7-18(8-4-2)14-11-13(16-12-17-14)15(20)19-9-5-6-10-19/h11-12H,3-10H2,1-2H3. The third kappa shape index (κ3) is 3.46. The van der Waals surface area contributed by atoms with E-state index in [-0.39, 0.29) is 5.91 Å². The molecule has 1 fully saturated rings. The summed E-state index contributed by atoms with van der Waals surface area (Å²) in [6.45, 7) is 7.93. The first kappa shape index (κ1) is 14.8. The highest BCUT2D eigenvalue weighted by Gasteiger charge is 2.21. The zero-order valence-corrected chi connectivity index (χ0v) is 12.5. The van der Waals surface area contributed by atoms with Crippen molar-refractivity contribution in [3.63, 3.8) is 0 Å². The van der Waals surface area contributed by atoms with Gasteiger partial charge in [0.1, 0.15) is 17.8 Å². The number of carbonyl (C=O) groups excluding carboxylic acids is 1. The first-order valence-corrected chi connectivity index (χ1v) is 7.62. The van der Waals surface area contributed by atoms with E-state index in [1.165, 1.54) is 6.33 Å². The molecule has 1 amide bonds. The van der Waals surface area contributed by atoms with E-state index < -0.39 is 0 Å². The number of nitrogens with zero attached hydrogens (tertiary/aromatic N) is 4. The maximum atomic E-state index is 12.4. The third-order valence-corrected chi connectivity index (χ3v) is 3.58. The van der Waals surface area contributed by atoms with Gasteiger partial charge in [0, 0.05) is 32.2 Å². The van der Waals surface area contributed by atoms with Crippen LogP contribution in [0, 0.1) is 0 Å². The monoisotopic (exact) mass is 276 g/mol. The zero-order valence-electron chi connectivity index (χ0n) is 12.5. The molecule has 0 spiro atoms. The number of hydrogen-bond acceptors (Lipinski definition) is 4. The van der Waals surface area contributed by atoms with E-state index in [1.807, 2.05) is 11.0 Å². The molecule has 1 aromatic rings. The fourth-order valence-electron chi connectivity index (χ4n) is 2.60. The molecule has 0 N–H and O–H groups in total. The van der Waals surface area contributed by atoms with Crippen molar-refractivity contribution in [2.45, 2.75) is 39.5 Å². The number of carbonyl (C=O) groups is 1. The minimum Gasteiger partial charge on any atom is -0.357 e. The number of anilines is 1. The van der Waals surface area contributed by atoms with Crippen molar-refractivity contribution in [1.82, 2.24) is 14.9 Å². The maximum Gasteiger partial charge on any atom is 0.272 e. The molecule has 2 heterocycles. The maximum absolute atomic E-state index is 12.4. The highest BCUT2D eigenvalue weighted by Crippen LogP contribution is 2.16. The Kier molecular flexibility index (Phi) is 5.32. The molecule has 0 aliphatic carbocycles. The number of rotatable bonds is 6. The van der Waals surface area contributed by atoms with Gasteiger partial charge < -0.3 is 9.80 Å². The Morgan fingerprint density at radius 1 is 1.20 bits per heavy atom. The quantitative estimate of drug-likeness (QED) is 0.800. The highest BCUT2D eigenvalue weighted by atomic mass is 16.2. The Balaban J connectivity index is 2.15. The first-order chi connectivity index (χ1) is 9.76. The summed E-state index contributed by atoms with van der Waals surface area (Å²) in [5, 5.41) is 0. The molecule has 0 atom stereocenters. The minimum absolute atomic E-state index is 0.0408. The lowest BCUT2D eigenvalue weighted by molar-refractivity contribution is 0.0787. The van der Waals surface area contributed by atoms with Crippen LogP contribution in [0.5, 0.6) is 0 Å². The van der Waals surface area contributed by atoms with Crippen molar-refractivity contribution in [1.29, 1.82) is 0 Å². The Hall–Kier alpha value is -1.65. The van der Waals surface area contributed by atoms with Crippen molar-refractivity contribution in [2.24, 2.45) is 0 Å². The van der Waals surface area contributed by atoms with E-state index in [4.69, 9.17) is 0 Å². The number of hydrogen-bond donors (Lipinski definition) is 0. The molecule has 0 unspecified atom stereocenters. The Morgan fingerprint density at radius 3 is 2.45 bits per heavy atom. The minimum atomic E-state index is 0.0408. The Labute approximate surface area is 121 Å². The number of aromatic nitrogens is 2. The lowest BCUT2D eigenvalue weighted by Crippen LogP contribution is -2.30. The van der Waals surface area contributed by atoms with Crippen LogP contribution in [0.15, 0.2) is 12.4 Å². The van der Waals surface area contributed by atoms with Crippen LogP contribution in [0.1, 0.15) is 50.0 Å². The summed E-state index contributed by atoms with van der Waals surface area (Å²) in [5.41, 5.74) is 0.522. The van der Waals surface area contributed by atoms with Gasteiger partial charge in [0.2, 0.25) is 0 Å². The molecule has 110 valence electrons. The van der Waals surface area contributed by atoms with Crippen molar-refractivity contribution < 1.29 is 4.79 Å². The highest BCUT2D eigenvalue weighted by molar-refractivity contribution is 5.93. The summed E-state index contributed by atoms with van der Waals surface area (Å²) in [6.07, 6.45) is 5.85. The van der Waals surface area contributed by atoms with Crippen LogP contribution in [-0.2, 0) is 0 Å². The molecule has 0 saturated carbocycles. The molecule has 1 aliphatic rings. The first-order valence-electron chi connectivity index (χ1n) is 7.62. The summed E-state index contributed by atoms with van der Waals surface area (Å²) in [4.78, 5) is 25.0. The fourth-order valence-corrected chi connectivity index (χ4v) is 2.60. The van der Waals surface area contributed by atoms with Gasteiger partial charge in [0.05, 0.1) is 0 Å². The second kappa shape index (κ2) is 7.22. The van der Waals surface area contributed by atoms with E-state index in [2.05, 4.69) is 28.7 Å². The summed E-state index contributed by atoms with van der Waals surface area (Å²) in [7, 11) is 0. The van der Waals surface area contributed by atoms with Crippen LogP contribution >= 0.6 is 0 Å². The lowest BCUT2D eigenvalue weighted by Gasteiger charge is -2.23. The zero-order chi connectivity index (χ0) is 14.4. The molecule has 5 heteroatoms. The molecular formula is C15H24N4O. The second-order valence-corrected chi connectivity index (χ2v) is 5.25. The molecular weight excluding hydrogens is 252 g/mol. The van der Waals surface area contributed by atoms with Gasteiger partial charge in [0.15, 0.2) is 0 Å². The molecule has 0 radical (unpaired) electrons. The topological polar surface area (TPSA) is 49.3 Å². The van der Waals surface area contributed by atoms with Crippen LogP contribution in [0.25, 0.3) is 0 Å². The normalized spacial score (nSPS) is 14.6. The molecule has 1 saturated heterocycles. The second-order valence-electron chi connectivity index (χ2n) is 5.25. The van der Waals surface area contributed by atoms with Gasteiger partial charge in [-0.1, -0.05) is 13.8 Å². The van der Waals surface area contributed by atoms with E-state index in [9.17, 15) is 4.79 Å². The van der Waals surface area contributed by atoms with Crippen LogP contribution in [0.2, 0.25) is 0 Å². The molecule has 2 rings (SSSR count). The van der Waals surface area contributed by atoms with E-state index >= 15 is 0 Å². The predicted molar refractivity (Wildman–Crippen MR) is 80.0 cm³/mol. The van der Waals surface area contributed by atoms with E-state index in [0.29, 0.717) is 5.69 Å². The van der Waals surface area contributed by atoms with Crippen molar-refractivity contribution >= 4 is 11.7 Å². The van der Waals surface area contributed by atoms with Gasteiger partial charge in [0.25, 0.3) is 5.91 Å². The van der Waals surface area contributed by atoms with Crippen molar-refractivity contribution in [3.8, 4) is 0 Å². The largest absolute Gasteiger partial charge is 0.357 e. The molecule has 20 heavy (non-hydrogen) atoms. The van der Waals surface area contributed by atoms with Crippen LogP contribution in [0.3, 0.4) is 0 Å². The Bertz CT molecular complexity index is 437. The number of likely N-dealkylation sites (tertiary alicyclic amines) is 1.